The smallest absolute Gasteiger partial charge is 0.241 e. The molecule has 1 atom stereocenters. The molecule has 2 aromatic rings. The fourth-order valence-corrected chi connectivity index (χ4v) is 5.89. The second-order valence-electron chi connectivity index (χ2n) is 8.30. The number of aryl methyl sites for hydroxylation is 2. The number of methoxy groups -OCH3 is 1. The highest BCUT2D eigenvalue weighted by Gasteiger charge is 2.28. The summed E-state index contributed by atoms with van der Waals surface area (Å²) in [5.74, 6) is 0.484. The van der Waals surface area contributed by atoms with Crippen LogP contribution in [0.3, 0.4) is 0 Å². The first kappa shape index (κ1) is 21.8. The molecular formula is C24H30N2O4S. The number of ether oxygens (including phenoxy) is 1. The maximum absolute atomic E-state index is 13.3. The maximum Gasteiger partial charge on any atom is 0.241 e. The van der Waals surface area contributed by atoms with Gasteiger partial charge in [-0.25, -0.2) is 13.1 Å². The molecule has 0 bridgehead atoms. The summed E-state index contributed by atoms with van der Waals surface area (Å²) in [6.07, 6.45) is 6.42. The first-order valence-electron chi connectivity index (χ1n) is 11.1. The molecule has 0 unspecified atom stereocenters. The summed E-state index contributed by atoms with van der Waals surface area (Å²) in [4.78, 5) is 14.0. The van der Waals surface area contributed by atoms with E-state index in [9.17, 15) is 13.2 Å². The Labute approximate surface area is 184 Å². The molecule has 2 aliphatic rings. The topological polar surface area (TPSA) is 75.7 Å². The normalized spacial score (nSPS) is 17.5. The van der Waals surface area contributed by atoms with Crippen LogP contribution in [-0.2, 0) is 27.7 Å². The molecule has 0 aromatic heterocycles. The molecule has 2 aromatic carbocycles. The molecule has 1 N–H and O–H groups in total. The molecule has 1 heterocycles. The van der Waals surface area contributed by atoms with Crippen LogP contribution in [0.5, 0.6) is 5.75 Å². The molecule has 0 spiro atoms. The third kappa shape index (κ3) is 4.48. The van der Waals surface area contributed by atoms with Crippen LogP contribution in [0.4, 0.5) is 5.69 Å². The third-order valence-corrected chi connectivity index (χ3v) is 7.77. The number of anilines is 1. The Morgan fingerprint density at radius 2 is 1.81 bits per heavy atom. The minimum Gasteiger partial charge on any atom is -0.495 e. The zero-order valence-corrected chi connectivity index (χ0v) is 19.0. The van der Waals surface area contributed by atoms with Crippen molar-refractivity contribution in [3.63, 3.8) is 0 Å². The van der Waals surface area contributed by atoms with Gasteiger partial charge in [0.05, 0.1) is 17.7 Å². The first-order valence-corrected chi connectivity index (χ1v) is 12.5. The molecule has 31 heavy (non-hydrogen) atoms. The molecule has 1 fully saturated rings. The van der Waals surface area contributed by atoms with Crippen molar-refractivity contribution in [3.05, 3.63) is 53.1 Å². The Balaban J connectivity index is 1.62. The quantitative estimate of drug-likeness (QED) is 0.700. The standard InChI is InChI=1S/C24H30N2O4S/c1-3-21(19-11-10-17-7-4-5-8-18(17)15-19)25-31(28,29)20-12-13-23(30-2)22(16-20)26-14-6-9-24(26)27/h10-13,15-16,21,25H,3-9,14H2,1-2H3/t21-/m0/s1. The molecule has 0 saturated carbocycles. The van der Waals surface area contributed by atoms with E-state index in [4.69, 9.17) is 4.74 Å². The number of nitrogens with one attached hydrogen (secondary N) is 1. The second-order valence-corrected chi connectivity index (χ2v) is 10.0. The van der Waals surface area contributed by atoms with Gasteiger partial charge in [0.25, 0.3) is 0 Å². The van der Waals surface area contributed by atoms with E-state index in [0.717, 1.165) is 24.8 Å². The number of amides is 1. The van der Waals surface area contributed by atoms with Crippen molar-refractivity contribution in [2.45, 2.75) is 62.8 Å². The minimum absolute atomic E-state index is 0.0127. The van der Waals surface area contributed by atoms with E-state index in [-0.39, 0.29) is 16.8 Å². The number of carbonyl (C=O) groups is 1. The zero-order valence-electron chi connectivity index (χ0n) is 18.2. The van der Waals surface area contributed by atoms with Gasteiger partial charge in [0, 0.05) is 19.0 Å². The van der Waals surface area contributed by atoms with Crippen molar-refractivity contribution < 1.29 is 17.9 Å². The number of hydrogen-bond acceptors (Lipinski definition) is 4. The third-order valence-electron chi connectivity index (χ3n) is 6.31. The van der Waals surface area contributed by atoms with Gasteiger partial charge in [0.15, 0.2) is 0 Å². The molecule has 7 heteroatoms. The van der Waals surface area contributed by atoms with Crippen LogP contribution in [0.2, 0.25) is 0 Å². The van der Waals surface area contributed by atoms with Crippen LogP contribution in [0.25, 0.3) is 0 Å². The fraction of sp³-hybridized carbons (Fsp3) is 0.458. The predicted octanol–water partition coefficient (Wildman–Crippen LogP) is 4.13. The highest BCUT2D eigenvalue weighted by molar-refractivity contribution is 7.89. The average Bonchev–Trinajstić information content (AvgIpc) is 3.22. The molecule has 0 radical (unpaired) electrons. The molecule has 1 aliphatic carbocycles. The van der Waals surface area contributed by atoms with Gasteiger partial charge < -0.3 is 9.64 Å². The molecule has 1 amide bonds. The summed E-state index contributed by atoms with van der Waals surface area (Å²) in [5, 5.41) is 0. The average molecular weight is 443 g/mol. The number of carbonyl (C=O) groups excluding carboxylic acids is 1. The Hall–Kier alpha value is -2.38. The van der Waals surface area contributed by atoms with Gasteiger partial charge in [-0.2, -0.15) is 0 Å². The van der Waals surface area contributed by atoms with Crippen molar-refractivity contribution in [3.8, 4) is 5.75 Å². The van der Waals surface area contributed by atoms with Crippen molar-refractivity contribution >= 4 is 21.6 Å². The minimum atomic E-state index is -3.78. The highest BCUT2D eigenvalue weighted by Crippen LogP contribution is 2.34. The van der Waals surface area contributed by atoms with E-state index in [0.29, 0.717) is 30.8 Å². The van der Waals surface area contributed by atoms with E-state index < -0.39 is 10.0 Å². The summed E-state index contributed by atoms with van der Waals surface area (Å²) in [6.45, 7) is 2.55. The van der Waals surface area contributed by atoms with Crippen LogP contribution in [0.1, 0.15) is 61.8 Å². The fourth-order valence-electron chi connectivity index (χ4n) is 4.56. The molecule has 1 saturated heterocycles. The summed E-state index contributed by atoms with van der Waals surface area (Å²) >= 11 is 0. The van der Waals surface area contributed by atoms with Crippen LogP contribution in [0.15, 0.2) is 41.3 Å². The largest absolute Gasteiger partial charge is 0.495 e. The number of fused-ring (bicyclic) bond motifs is 1. The predicted molar refractivity (Wildman–Crippen MR) is 121 cm³/mol. The Morgan fingerprint density at radius 1 is 1.03 bits per heavy atom. The first-order chi connectivity index (χ1) is 14.9. The van der Waals surface area contributed by atoms with Gasteiger partial charge in [0.1, 0.15) is 5.75 Å². The monoisotopic (exact) mass is 442 g/mol. The lowest BCUT2D eigenvalue weighted by molar-refractivity contribution is -0.117. The van der Waals surface area contributed by atoms with Crippen molar-refractivity contribution in [1.29, 1.82) is 0 Å². The van der Waals surface area contributed by atoms with Crippen LogP contribution >= 0.6 is 0 Å². The van der Waals surface area contributed by atoms with Crippen LogP contribution in [-0.4, -0.2) is 28.0 Å². The molecule has 166 valence electrons. The van der Waals surface area contributed by atoms with Gasteiger partial charge >= 0.3 is 0 Å². The number of benzene rings is 2. The van der Waals surface area contributed by atoms with Gasteiger partial charge in [-0.3, -0.25) is 4.79 Å². The zero-order chi connectivity index (χ0) is 22.0. The van der Waals surface area contributed by atoms with E-state index >= 15 is 0 Å². The lowest BCUT2D eigenvalue weighted by Gasteiger charge is -2.23. The van der Waals surface area contributed by atoms with Gasteiger partial charge in [-0.1, -0.05) is 25.1 Å². The Morgan fingerprint density at radius 3 is 2.48 bits per heavy atom. The maximum atomic E-state index is 13.3. The molecule has 1 aliphatic heterocycles. The van der Waals surface area contributed by atoms with Gasteiger partial charge in [-0.15, -0.1) is 0 Å². The van der Waals surface area contributed by atoms with Crippen molar-refractivity contribution in [2.24, 2.45) is 0 Å². The van der Waals surface area contributed by atoms with Crippen molar-refractivity contribution in [1.82, 2.24) is 4.72 Å². The number of sulfonamides is 1. The van der Waals surface area contributed by atoms with E-state index in [2.05, 4.69) is 16.9 Å². The summed E-state index contributed by atoms with van der Waals surface area (Å²) < 4.78 is 34.8. The summed E-state index contributed by atoms with van der Waals surface area (Å²) in [7, 11) is -2.26. The van der Waals surface area contributed by atoms with E-state index in [1.807, 2.05) is 13.0 Å². The van der Waals surface area contributed by atoms with Gasteiger partial charge in [0.2, 0.25) is 15.9 Å². The molecule has 4 rings (SSSR count). The Kier molecular flexibility index (Phi) is 6.34. The Bertz CT molecular complexity index is 1080. The summed E-state index contributed by atoms with van der Waals surface area (Å²) in [6, 6.07) is 10.7. The molecule has 6 nitrogen and oxygen atoms in total. The SMILES string of the molecule is CC[C@H](NS(=O)(=O)c1ccc(OC)c(N2CCCC2=O)c1)c1ccc2c(c1)CCCC2. The van der Waals surface area contributed by atoms with Crippen LogP contribution < -0.4 is 14.4 Å². The van der Waals surface area contributed by atoms with E-state index in [1.165, 1.54) is 37.1 Å². The molecular weight excluding hydrogens is 412 g/mol. The lowest BCUT2D eigenvalue weighted by atomic mass is 9.89. The lowest BCUT2D eigenvalue weighted by Crippen LogP contribution is -2.29. The van der Waals surface area contributed by atoms with Gasteiger partial charge in [-0.05, 0) is 73.4 Å². The number of nitrogens with zero attached hydrogens (tertiary/aromatic N) is 1. The van der Waals surface area contributed by atoms with Crippen molar-refractivity contribution in [2.75, 3.05) is 18.6 Å². The highest BCUT2D eigenvalue weighted by atomic mass is 32.2. The van der Waals surface area contributed by atoms with Crippen LogP contribution in [0, 0.1) is 0 Å². The number of hydrogen-bond donors (Lipinski definition) is 1. The number of rotatable bonds is 7. The second kappa shape index (κ2) is 9.01. The summed E-state index contributed by atoms with van der Waals surface area (Å²) in [5.41, 5.74) is 4.22. The van der Waals surface area contributed by atoms with E-state index in [1.54, 1.807) is 17.0 Å².